The van der Waals surface area contributed by atoms with Crippen LogP contribution in [0, 0.1) is 5.82 Å². The van der Waals surface area contributed by atoms with Crippen LogP contribution < -0.4 is 10.6 Å². The lowest BCUT2D eigenvalue weighted by Gasteiger charge is -2.36. The number of amides is 2. The predicted octanol–water partition coefficient (Wildman–Crippen LogP) is 2.52. The van der Waals surface area contributed by atoms with E-state index in [-0.39, 0.29) is 23.6 Å². The lowest BCUT2D eigenvalue weighted by atomic mass is 9.80. The third kappa shape index (κ3) is 3.76. The zero-order valence-electron chi connectivity index (χ0n) is 12.6. The van der Waals surface area contributed by atoms with E-state index in [0.717, 1.165) is 6.42 Å². The first-order valence-corrected chi connectivity index (χ1v) is 8.18. The smallest absolute Gasteiger partial charge is 0.315 e. The van der Waals surface area contributed by atoms with Gasteiger partial charge in [0.15, 0.2) is 0 Å². The standard InChI is InChI=1S/C16H20ClFN2O3/c17-11-3-2-10(8-12(11)18)14-13(4-7-23-14)20-15(21)19-9-16(22)5-1-6-16/h2-3,8,13-14,22H,1,4-7,9H2,(H2,19,20,21). The van der Waals surface area contributed by atoms with Crippen LogP contribution in [0.1, 0.15) is 37.4 Å². The van der Waals surface area contributed by atoms with Crippen LogP contribution in [0.2, 0.25) is 5.02 Å². The molecule has 126 valence electrons. The first-order chi connectivity index (χ1) is 11.0. The molecule has 2 amide bonds. The molecular formula is C16H20ClFN2O3. The summed E-state index contributed by atoms with van der Waals surface area (Å²) >= 11 is 5.69. The maximum atomic E-state index is 13.6. The predicted molar refractivity (Wildman–Crippen MR) is 83.8 cm³/mol. The number of nitrogens with one attached hydrogen (secondary N) is 2. The van der Waals surface area contributed by atoms with Crippen LogP contribution in [0.5, 0.6) is 0 Å². The molecule has 0 spiro atoms. The number of halogens is 2. The van der Waals surface area contributed by atoms with Crippen molar-refractivity contribution in [2.24, 2.45) is 0 Å². The van der Waals surface area contributed by atoms with Crippen molar-refractivity contribution in [2.75, 3.05) is 13.2 Å². The number of carbonyl (C=O) groups excluding carboxylic acids is 1. The Labute approximate surface area is 139 Å². The van der Waals surface area contributed by atoms with Crippen molar-refractivity contribution in [3.8, 4) is 0 Å². The Kier molecular flexibility index (Phi) is 4.75. The highest BCUT2D eigenvalue weighted by Gasteiger charge is 2.35. The Bertz CT molecular complexity index is 595. The molecule has 3 rings (SSSR count). The lowest BCUT2D eigenvalue weighted by molar-refractivity contribution is -0.0291. The largest absolute Gasteiger partial charge is 0.388 e. The molecule has 1 aliphatic heterocycles. The number of carbonyl (C=O) groups is 1. The van der Waals surface area contributed by atoms with Gasteiger partial charge in [-0.15, -0.1) is 0 Å². The Hall–Kier alpha value is -1.37. The van der Waals surface area contributed by atoms with Crippen LogP contribution in [-0.2, 0) is 4.74 Å². The fourth-order valence-electron chi connectivity index (χ4n) is 2.98. The van der Waals surface area contributed by atoms with Crippen molar-refractivity contribution in [2.45, 2.75) is 43.4 Å². The van der Waals surface area contributed by atoms with Gasteiger partial charge in [-0.2, -0.15) is 0 Å². The van der Waals surface area contributed by atoms with Crippen molar-refractivity contribution in [1.29, 1.82) is 0 Å². The summed E-state index contributed by atoms with van der Waals surface area (Å²) in [6, 6.07) is 3.93. The average Bonchev–Trinajstić information content (AvgIpc) is 2.94. The van der Waals surface area contributed by atoms with E-state index in [4.69, 9.17) is 16.3 Å². The van der Waals surface area contributed by atoms with Gasteiger partial charge in [0.2, 0.25) is 0 Å². The van der Waals surface area contributed by atoms with E-state index in [1.54, 1.807) is 6.07 Å². The fraction of sp³-hybridized carbons (Fsp3) is 0.562. The summed E-state index contributed by atoms with van der Waals surface area (Å²) in [4.78, 5) is 12.0. The Balaban J connectivity index is 1.57. The first-order valence-electron chi connectivity index (χ1n) is 7.80. The van der Waals surface area contributed by atoms with Gasteiger partial charge in [0.1, 0.15) is 11.9 Å². The molecule has 1 aliphatic carbocycles. The first kappa shape index (κ1) is 16.5. The number of urea groups is 1. The minimum atomic E-state index is -0.762. The van der Waals surface area contributed by atoms with Crippen LogP contribution in [0.4, 0.5) is 9.18 Å². The maximum Gasteiger partial charge on any atom is 0.315 e. The van der Waals surface area contributed by atoms with Crippen molar-refractivity contribution in [3.05, 3.63) is 34.6 Å². The summed E-state index contributed by atoms with van der Waals surface area (Å²) < 4.78 is 19.2. The minimum Gasteiger partial charge on any atom is -0.388 e. The molecule has 2 atom stereocenters. The molecule has 0 radical (unpaired) electrons. The number of hydrogen-bond donors (Lipinski definition) is 3. The van der Waals surface area contributed by atoms with Crippen molar-refractivity contribution < 1.29 is 19.0 Å². The van der Waals surface area contributed by atoms with Gasteiger partial charge in [-0.3, -0.25) is 0 Å². The summed E-state index contributed by atoms with van der Waals surface area (Å²) in [5, 5.41) is 15.6. The topological polar surface area (TPSA) is 70.6 Å². The van der Waals surface area contributed by atoms with E-state index in [9.17, 15) is 14.3 Å². The van der Waals surface area contributed by atoms with Crippen molar-refractivity contribution >= 4 is 17.6 Å². The average molecular weight is 343 g/mol. The second-order valence-corrected chi connectivity index (χ2v) is 6.67. The molecule has 0 bridgehead atoms. The Morgan fingerprint density at radius 2 is 2.26 bits per heavy atom. The normalized spacial score (nSPS) is 25.7. The molecule has 1 saturated heterocycles. The maximum absolute atomic E-state index is 13.6. The van der Waals surface area contributed by atoms with Gasteiger partial charge in [-0.1, -0.05) is 17.7 Å². The molecule has 7 heteroatoms. The van der Waals surface area contributed by atoms with Gasteiger partial charge in [-0.25, -0.2) is 9.18 Å². The molecule has 1 aromatic rings. The molecule has 23 heavy (non-hydrogen) atoms. The summed E-state index contributed by atoms with van der Waals surface area (Å²) in [5.74, 6) is -0.505. The van der Waals surface area contributed by atoms with Crippen molar-refractivity contribution in [1.82, 2.24) is 10.6 Å². The SMILES string of the molecule is O=C(NCC1(O)CCC1)NC1CCOC1c1ccc(Cl)c(F)c1. The Morgan fingerprint density at radius 3 is 2.91 bits per heavy atom. The molecular weight excluding hydrogens is 323 g/mol. The molecule has 2 fully saturated rings. The molecule has 3 N–H and O–H groups in total. The number of benzene rings is 1. The summed E-state index contributed by atoms with van der Waals surface area (Å²) in [6.07, 6.45) is 2.66. The monoisotopic (exact) mass is 342 g/mol. The van der Waals surface area contributed by atoms with Crippen LogP contribution in [0.3, 0.4) is 0 Å². The van der Waals surface area contributed by atoms with E-state index in [0.29, 0.717) is 31.4 Å². The van der Waals surface area contributed by atoms with Crippen molar-refractivity contribution in [3.63, 3.8) is 0 Å². The van der Waals surface area contributed by atoms with Gasteiger partial charge in [0.25, 0.3) is 0 Å². The van der Waals surface area contributed by atoms with Gasteiger partial charge in [0.05, 0.1) is 16.7 Å². The van der Waals surface area contributed by atoms with E-state index >= 15 is 0 Å². The summed E-state index contributed by atoms with van der Waals surface area (Å²) in [5.41, 5.74) is -0.116. The minimum absolute atomic E-state index is 0.0581. The van der Waals surface area contributed by atoms with Crippen LogP contribution in [-0.4, -0.2) is 35.9 Å². The van der Waals surface area contributed by atoms with Crippen LogP contribution in [0.25, 0.3) is 0 Å². The van der Waals surface area contributed by atoms with Gasteiger partial charge in [0, 0.05) is 13.2 Å². The summed E-state index contributed by atoms with van der Waals surface area (Å²) in [6.45, 7) is 0.733. The highest BCUT2D eigenvalue weighted by molar-refractivity contribution is 6.30. The van der Waals surface area contributed by atoms with Gasteiger partial charge < -0.3 is 20.5 Å². The molecule has 1 saturated carbocycles. The number of hydrogen-bond acceptors (Lipinski definition) is 3. The molecule has 1 aromatic carbocycles. The molecule has 5 nitrogen and oxygen atoms in total. The lowest BCUT2D eigenvalue weighted by Crippen LogP contribution is -2.51. The van der Waals surface area contributed by atoms with E-state index in [2.05, 4.69) is 10.6 Å². The second-order valence-electron chi connectivity index (χ2n) is 6.27. The van der Waals surface area contributed by atoms with Crippen LogP contribution in [0.15, 0.2) is 18.2 Å². The quantitative estimate of drug-likeness (QED) is 0.787. The number of ether oxygens (including phenoxy) is 1. The summed E-state index contributed by atoms with van der Waals surface area (Å²) in [7, 11) is 0. The number of rotatable bonds is 4. The molecule has 2 unspecified atom stereocenters. The molecule has 2 aliphatic rings. The third-order valence-electron chi connectivity index (χ3n) is 4.54. The zero-order chi connectivity index (χ0) is 16.4. The number of aliphatic hydroxyl groups is 1. The fourth-order valence-corrected chi connectivity index (χ4v) is 3.10. The van der Waals surface area contributed by atoms with E-state index in [1.165, 1.54) is 12.1 Å². The highest BCUT2D eigenvalue weighted by Crippen LogP contribution is 2.32. The zero-order valence-corrected chi connectivity index (χ0v) is 13.4. The third-order valence-corrected chi connectivity index (χ3v) is 4.85. The van der Waals surface area contributed by atoms with Crippen LogP contribution >= 0.6 is 11.6 Å². The van der Waals surface area contributed by atoms with Gasteiger partial charge in [-0.05, 0) is 43.4 Å². The molecule has 0 aromatic heterocycles. The van der Waals surface area contributed by atoms with E-state index in [1.807, 2.05) is 0 Å². The highest BCUT2D eigenvalue weighted by atomic mass is 35.5. The molecule has 1 heterocycles. The second kappa shape index (κ2) is 6.63. The Morgan fingerprint density at radius 1 is 1.48 bits per heavy atom. The van der Waals surface area contributed by atoms with Gasteiger partial charge >= 0.3 is 6.03 Å². The van der Waals surface area contributed by atoms with E-state index < -0.39 is 17.5 Å².